The maximum atomic E-state index is 11.8. The van der Waals surface area contributed by atoms with E-state index in [1.165, 1.54) is 12.4 Å². The zero-order valence-corrected chi connectivity index (χ0v) is 16.3. The van der Waals surface area contributed by atoms with Gasteiger partial charge < -0.3 is 4.55 Å². The summed E-state index contributed by atoms with van der Waals surface area (Å²) in [5, 5.41) is 17.6. The van der Waals surface area contributed by atoms with Gasteiger partial charge in [0.2, 0.25) is 5.91 Å². The Labute approximate surface area is 162 Å². The number of thioether (sulfide) groups is 1. The van der Waals surface area contributed by atoms with Crippen molar-refractivity contribution in [3.63, 3.8) is 0 Å². The topological polar surface area (TPSA) is 120 Å². The van der Waals surface area contributed by atoms with E-state index >= 15 is 0 Å². The molecular formula is C15H18ClN4O4S2-. The van der Waals surface area contributed by atoms with E-state index < -0.39 is 28.2 Å². The second kappa shape index (κ2) is 9.47. The minimum atomic E-state index is -2.42. The van der Waals surface area contributed by atoms with Crippen molar-refractivity contribution in [1.82, 2.24) is 20.5 Å². The molecule has 0 aliphatic carbocycles. The fourth-order valence-corrected chi connectivity index (χ4v) is 4.12. The lowest BCUT2D eigenvalue weighted by molar-refractivity contribution is -0.138. The van der Waals surface area contributed by atoms with Gasteiger partial charge in [-0.15, -0.1) is 16.9 Å². The molecule has 26 heavy (non-hydrogen) atoms. The number of rotatable bonds is 9. The molecule has 2 aromatic rings. The highest BCUT2D eigenvalue weighted by molar-refractivity contribution is 7.98. The van der Waals surface area contributed by atoms with Crippen LogP contribution in [0.2, 0.25) is 5.02 Å². The van der Waals surface area contributed by atoms with E-state index in [2.05, 4.69) is 10.3 Å². The van der Waals surface area contributed by atoms with Crippen molar-refractivity contribution in [1.29, 1.82) is 0 Å². The summed E-state index contributed by atoms with van der Waals surface area (Å²) in [5.74, 6) is -0.552. The summed E-state index contributed by atoms with van der Waals surface area (Å²) < 4.78 is 23.5. The van der Waals surface area contributed by atoms with E-state index in [-0.39, 0.29) is 13.0 Å². The predicted octanol–water partition coefficient (Wildman–Crippen LogP) is 2.00. The van der Waals surface area contributed by atoms with Gasteiger partial charge in [-0.05, 0) is 31.5 Å². The highest BCUT2D eigenvalue weighted by atomic mass is 35.5. The van der Waals surface area contributed by atoms with E-state index in [4.69, 9.17) is 16.8 Å². The first-order valence-electron chi connectivity index (χ1n) is 7.60. The average molecular weight is 418 g/mol. The molecular weight excluding hydrogens is 400 g/mol. The van der Waals surface area contributed by atoms with E-state index in [0.717, 1.165) is 10.6 Å². The molecule has 142 valence electrons. The molecule has 0 radical (unpaired) electrons. The molecule has 0 saturated heterocycles. The van der Waals surface area contributed by atoms with Crippen LogP contribution >= 0.6 is 23.4 Å². The van der Waals surface area contributed by atoms with Crippen LogP contribution in [-0.4, -0.2) is 40.6 Å². The number of hydroxylamine groups is 1. The van der Waals surface area contributed by atoms with E-state index in [1.807, 2.05) is 18.2 Å². The van der Waals surface area contributed by atoms with Gasteiger partial charge in [-0.25, -0.2) is 5.48 Å². The van der Waals surface area contributed by atoms with Crippen molar-refractivity contribution < 1.29 is 18.8 Å². The molecule has 2 N–H and O–H groups in total. The van der Waals surface area contributed by atoms with Gasteiger partial charge in [0.05, 0.1) is 11.1 Å². The van der Waals surface area contributed by atoms with Crippen molar-refractivity contribution >= 4 is 40.4 Å². The first kappa shape index (κ1) is 20.8. The molecule has 2 atom stereocenters. The molecule has 8 nitrogen and oxygen atoms in total. The van der Waals surface area contributed by atoms with Crippen LogP contribution < -0.4 is 5.48 Å². The lowest BCUT2D eigenvalue weighted by atomic mass is 9.88. The van der Waals surface area contributed by atoms with Crippen molar-refractivity contribution in [2.75, 3.05) is 5.75 Å². The minimum absolute atomic E-state index is 0.178. The van der Waals surface area contributed by atoms with Crippen LogP contribution in [0.1, 0.15) is 19.0 Å². The van der Waals surface area contributed by atoms with Gasteiger partial charge in [0, 0.05) is 34.2 Å². The number of nitrogens with one attached hydrogen (secondary N) is 1. The maximum Gasteiger partial charge on any atom is 0.250 e. The molecule has 1 aromatic carbocycles. The second-order valence-corrected chi connectivity index (χ2v) is 8.30. The average Bonchev–Trinajstić information content (AvgIpc) is 3.05. The second-order valence-electron chi connectivity index (χ2n) is 5.92. The molecule has 1 amide bonds. The summed E-state index contributed by atoms with van der Waals surface area (Å²) in [4.78, 5) is 12.8. The number of amides is 1. The molecule has 0 fully saturated rings. The van der Waals surface area contributed by atoms with Crippen molar-refractivity contribution in [3.8, 4) is 0 Å². The van der Waals surface area contributed by atoms with Crippen molar-refractivity contribution in [2.45, 2.75) is 30.5 Å². The number of hydrogen-bond acceptors (Lipinski definition) is 7. The maximum absolute atomic E-state index is 11.8. The quantitative estimate of drug-likeness (QED) is 0.277. The highest BCUT2D eigenvalue weighted by Crippen LogP contribution is 2.26. The Morgan fingerprint density at radius 2 is 2.31 bits per heavy atom. The number of carbonyl (C=O) groups is 1. The molecule has 0 aliphatic heterocycles. The summed E-state index contributed by atoms with van der Waals surface area (Å²) in [6.45, 7) is 1.76. The van der Waals surface area contributed by atoms with Gasteiger partial charge in [-0.1, -0.05) is 34.0 Å². The Kier molecular flexibility index (Phi) is 7.59. The summed E-state index contributed by atoms with van der Waals surface area (Å²) >= 11 is 5.09. The van der Waals surface area contributed by atoms with Crippen LogP contribution in [0.3, 0.4) is 0 Å². The molecule has 11 heteroatoms. The van der Waals surface area contributed by atoms with Crippen molar-refractivity contribution in [2.24, 2.45) is 5.41 Å². The van der Waals surface area contributed by atoms with Crippen LogP contribution in [-0.2, 0) is 28.2 Å². The van der Waals surface area contributed by atoms with Gasteiger partial charge in [-0.2, -0.15) is 0 Å². The van der Waals surface area contributed by atoms with E-state index in [0.29, 0.717) is 10.8 Å². The zero-order valence-electron chi connectivity index (χ0n) is 13.9. The normalized spacial score (nSPS) is 14.6. The summed E-state index contributed by atoms with van der Waals surface area (Å²) in [6.07, 6.45) is 1.92. The SMILES string of the molecule is CC(CCn1cc(CSc2cccc(Cl)c2)nn1)(CS(=O)[O-])C(=O)NO. The van der Waals surface area contributed by atoms with Crippen LogP contribution in [0.25, 0.3) is 0 Å². The number of nitrogens with zero attached hydrogens (tertiary/aromatic N) is 3. The Bertz CT molecular complexity index is 789. The predicted molar refractivity (Wildman–Crippen MR) is 97.5 cm³/mol. The van der Waals surface area contributed by atoms with Gasteiger partial charge in [0.1, 0.15) is 0 Å². The smallest absolute Gasteiger partial charge is 0.250 e. The van der Waals surface area contributed by atoms with Crippen LogP contribution in [0.15, 0.2) is 35.4 Å². The van der Waals surface area contributed by atoms with Gasteiger partial charge >= 0.3 is 0 Å². The summed E-state index contributed by atoms with van der Waals surface area (Å²) in [7, 11) is 0. The Morgan fingerprint density at radius 1 is 1.54 bits per heavy atom. The number of aromatic nitrogens is 3. The largest absolute Gasteiger partial charge is 0.772 e. The van der Waals surface area contributed by atoms with Gasteiger partial charge in [0.15, 0.2) is 0 Å². The van der Waals surface area contributed by atoms with E-state index in [1.54, 1.807) is 28.7 Å². The number of carbonyl (C=O) groups excluding carboxylic acids is 1. The van der Waals surface area contributed by atoms with E-state index in [9.17, 15) is 13.6 Å². The first-order valence-corrected chi connectivity index (χ1v) is 10.2. The summed E-state index contributed by atoms with van der Waals surface area (Å²) in [6, 6.07) is 7.48. The molecule has 0 bridgehead atoms. The number of benzene rings is 1. The Balaban J connectivity index is 1.94. The fourth-order valence-electron chi connectivity index (χ4n) is 2.24. The molecule has 0 saturated carbocycles. The first-order chi connectivity index (χ1) is 12.3. The Morgan fingerprint density at radius 3 is 2.96 bits per heavy atom. The lowest BCUT2D eigenvalue weighted by Gasteiger charge is -2.27. The number of aryl methyl sites for hydroxylation is 1. The molecule has 0 spiro atoms. The number of halogens is 1. The molecule has 1 aromatic heterocycles. The number of hydrogen-bond donors (Lipinski definition) is 2. The van der Waals surface area contributed by atoms with Crippen LogP contribution in [0.5, 0.6) is 0 Å². The minimum Gasteiger partial charge on any atom is -0.772 e. The molecule has 2 unspecified atom stereocenters. The molecule has 2 rings (SSSR count). The third-order valence-electron chi connectivity index (χ3n) is 3.75. The van der Waals surface area contributed by atoms with Gasteiger partial charge in [0.25, 0.3) is 0 Å². The standard InChI is InChI=1S/C15H19ClN4O4S2/c1-15(10-26(23)24,14(21)18-22)5-6-20-8-12(17-19-20)9-25-13-4-2-3-11(16)7-13/h2-4,7-8,22H,5-6,9-10H2,1H3,(H,18,21)(H,23,24)/p-1. The van der Waals surface area contributed by atoms with Gasteiger partial charge in [-0.3, -0.25) is 18.9 Å². The third-order valence-corrected chi connectivity index (χ3v) is 5.88. The zero-order chi connectivity index (χ0) is 19.2. The monoisotopic (exact) mass is 417 g/mol. The molecule has 0 aliphatic rings. The van der Waals surface area contributed by atoms with Crippen LogP contribution in [0, 0.1) is 5.41 Å². The van der Waals surface area contributed by atoms with Crippen molar-refractivity contribution in [3.05, 3.63) is 41.2 Å². The Hall–Kier alpha value is -1.46. The highest BCUT2D eigenvalue weighted by Gasteiger charge is 2.33. The van der Waals surface area contributed by atoms with Crippen LogP contribution in [0.4, 0.5) is 0 Å². The fraction of sp³-hybridized carbons (Fsp3) is 0.400. The molecule has 1 heterocycles. The summed E-state index contributed by atoms with van der Waals surface area (Å²) in [5.41, 5.74) is 1.01. The third kappa shape index (κ3) is 6.06. The lowest BCUT2D eigenvalue weighted by Crippen LogP contribution is -2.42.